The number of nitrogens with zero attached hydrogens (tertiary/aromatic N) is 2. The summed E-state index contributed by atoms with van der Waals surface area (Å²) >= 11 is 0. The number of unbranched alkanes of at least 4 members (excludes halogenated alkanes) is 11. The average molecular weight is 540 g/mol. The predicted molar refractivity (Wildman–Crippen MR) is 139 cm³/mol. The number of amidine groups is 1. The number of hydrogen-bond donors (Lipinski definition) is 2. The van der Waals surface area contributed by atoms with E-state index in [9.17, 15) is 28.0 Å². The molecular weight excluding hydrogens is 491 g/mol. The van der Waals surface area contributed by atoms with E-state index in [1.54, 1.807) is 0 Å². The van der Waals surface area contributed by atoms with Gasteiger partial charge in [-0.05, 0) is 32.1 Å². The van der Waals surface area contributed by atoms with Crippen LogP contribution in [0.15, 0.2) is 17.1 Å². The number of rotatable bonds is 22. The van der Waals surface area contributed by atoms with Gasteiger partial charge in [0.15, 0.2) is 0 Å². The van der Waals surface area contributed by atoms with E-state index in [1.807, 2.05) is 0 Å². The monoisotopic (exact) mass is 539 g/mol. The minimum Gasteiger partial charge on any atom is -0.748 e. The van der Waals surface area contributed by atoms with E-state index in [4.69, 9.17) is 0 Å². The minimum atomic E-state index is -4.58. The van der Waals surface area contributed by atoms with E-state index >= 15 is 0 Å². The molecule has 10 heteroatoms. The molecule has 0 bridgehead atoms. The van der Waals surface area contributed by atoms with Gasteiger partial charge in [0, 0.05) is 6.42 Å². The summed E-state index contributed by atoms with van der Waals surface area (Å²) in [5, 5.41) is 19.6. The smallest absolute Gasteiger partial charge is 0.748 e. The van der Waals surface area contributed by atoms with Crippen LogP contribution in [0, 0.1) is 0 Å². The second-order valence-electron chi connectivity index (χ2n) is 9.84. The molecule has 1 rings (SSSR count). The van der Waals surface area contributed by atoms with Gasteiger partial charge in [-0.1, -0.05) is 70.4 Å². The standard InChI is InChI=1S/C26H48N2O6S.Na/c1-2-3-4-5-6-7-8-9-10-11-12-13-14-15-16-17-25(31)26-27-18-19-28(26,20-21-29)22-24(30)23-35(32,33)34;/h7-8,24,29-30H,2-6,9-23H2,1H3;/q;+1/b8-7+;. The Labute approximate surface area is 241 Å². The molecule has 0 radical (unpaired) electrons. The van der Waals surface area contributed by atoms with Crippen LogP contribution in [-0.4, -0.2) is 83.9 Å². The van der Waals surface area contributed by atoms with Crippen LogP contribution >= 0.6 is 0 Å². The minimum absolute atomic E-state index is 0. The summed E-state index contributed by atoms with van der Waals surface area (Å²) in [6.45, 7) is 2.85. The third-order valence-corrected chi connectivity index (χ3v) is 7.43. The van der Waals surface area contributed by atoms with E-state index in [-0.39, 0.29) is 59.5 Å². The Morgan fingerprint density at radius 1 is 1.03 bits per heavy atom. The molecule has 36 heavy (non-hydrogen) atoms. The molecule has 8 nitrogen and oxygen atoms in total. The topological polar surface area (TPSA) is 127 Å². The van der Waals surface area contributed by atoms with E-state index < -0.39 is 22.0 Å². The summed E-state index contributed by atoms with van der Waals surface area (Å²) in [6, 6.07) is 0. The summed E-state index contributed by atoms with van der Waals surface area (Å²) in [4.78, 5) is 17.2. The molecule has 0 amide bonds. The molecule has 2 atom stereocenters. The Hall–Kier alpha value is -0.130. The van der Waals surface area contributed by atoms with Crippen LogP contribution in [0.2, 0.25) is 0 Å². The molecule has 2 N–H and O–H groups in total. The zero-order valence-electron chi connectivity index (χ0n) is 22.7. The fraction of sp³-hybridized carbons (Fsp3) is 0.846. The van der Waals surface area contributed by atoms with E-state index in [1.165, 1.54) is 51.4 Å². The summed E-state index contributed by atoms with van der Waals surface area (Å²) in [6.07, 6.45) is 18.9. The van der Waals surface area contributed by atoms with Crippen LogP contribution in [-0.2, 0) is 14.9 Å². The van der Waals surface area contributed by atoms with Gasteiger partial charge in [-0.25, -0.2) is 13.4 Å². The van der Waals surface area contributed by atoms with Gasteiger partial charge in [0.1, 0.15) is 25.7 Å². The second-order valence-corrected chi connectivity index (χ2v) is 11.3. The van der Waals surface area contributed by atoms with Gasteiger partial charge in [0.05, 0.1) is 29.0 Å². The SMILES string of the molecule is CCCCCC/C=C/CCCCCCCCCC(=O)C1=NCC[N+]1(CCO)CC(O)CS(=O)(=O)[O-].[Na+]. The van der Waals surface area contributed by atoms with Gasteiger partial charge in [0.2, 0.25) is 5.78 Å². The van der Waals surface area contributed by atoms with Crippen molar-refractivity contribution in [1.82, 2.24) is 0 Å². The fourth-order valence-electron chi connectivity index (χ4n) is 4.79. The number of carbonyl (C=O) groups is 1. The first-order valence-electron chi connectivity index (χ1n) is 13.6. The third kappa shape index (κ3) is 16.0. The number of aliphatic imine (C=N–C) groups is 1. The van der Waals surface area contributed by atoms with Crippen molar-refractivity contribution < 1.29 is 62.0 Å². The zero-order valence-corrected chi connectivity index (χ0v) is 25.5. The molecule has 2 unspecified atom stereocenters. The number of allylic oxidation sites excluding steroid dienone is 2. The zero-order chi connectivity index (χ0) is 26.0. The summed E-state index contributed by atoms with van der Waals surface area (Å²) < 4.78 is 32.9. The molecule has 1 aliphatic rings. The first kappa shape index (κ1) is 35.9. The van der Waals surface area contributed by atoms with Crippen LogP contribution in [0.5, 0.6) is 0 Å². The van der Waals surface area contributed by atoms with E-state index in [2.05, 4.69) is 24.1 Å². The van der Waals surface area contributed by atoms with Crippen molar-refractivity contribution in [3.8, 4) is 0 Å². The van der Waals surface area contributed by atoms with Gasteiger partial charge in [-0.15, -0.1) is 0 Å². The third-order valence-electron chi connectivity index (χ3n) is 6.64. The molecule has 0 aliphatic carbocycles. The number of carbonyl (C=O) groups excluding carboxylic acids is 1. The van der Waals surface area contributed by atoms with Crippen molar-refractivity contribution in [2.75, 3.05) is 38.5 Å². The molecule has 0 saturated heterocycles. The average Bonchev–Trinajstić information content (AvgIpc) is 3.18. The summed E-state index contributed by atoms with van der Waals surface area (Å²) in [5.41, 5.74) is 0. The number of aliphatic hydroxyl groups excluding tert-OH is 2. The molecule has 0 aromatic heterocycles. The number of Topliss-reactive ketones (excluding diaryl/α,β-unsaturated/α-hetero) is 1. The molecule has 0 aromatic carbocycles. The molecule has 0 saturated carbocycles. The van der Waals surface area contributed by atoms with E-state index in [0.717, 1.165) is 32.1 Å². The molecule has 1 aliphatic heterocycles. The summed E-state index contributed by atoms with van der Waals surface area (Å²) in [7, 11) is -4.58. The Balaban J connectivity index is 0.0000122. The molecule has 1 heterocycles. The molecular formula is C26H48N2NaO6S+. The van der Waals surface area contributed by atoms with Crippen LogP contribution in [0.3, 0.4) is 0 Å². The van der Waals surface area contributed by atoms with Gasteiger partial charge < -0.3 is 14.8 Å². The largest absolute Gasteiger partial charge is 1.00 e. The van der Waals surface area contributed by atoms with Crippen molar-refractivity contribution in [3.63, 3.8) is 0 Å². The van der Waals surface area contributed by atoms with Crippen molar-refractivity contribution in [3.05, 3.63) is 12.2 Å². The van der Waals surface area contributed by atoms with Gasteiger partial charge in [-0.3, -0.25) is 9.28 Å². The van der Waals surface area contributed by atoms with Crippen molar-refractivity contribution in [2.24, 2.45) is 4.99 Å². The normalized spacial score (nSPS) is 18.8. The van der Waals surface area contributed by atoms with Gasteiger partial charge in [-0.2, -0.15) is 0 Å². The number of ketones is 1. The quantitative estimate of drug-likeness (QED) is 0.0686. The van der Waals surface area contributed by atoms with Crippen molar-refractivity contribution in [2.45, 2.75) is 103 Å². The van der Waals surface area contributed by atoms with Gasteiger partial charge >= 0.3 is 29.6 Å². The first-order valence-corrected chi connectivity index (χ1v) is 15.1. The van der Waals surface area contributed by atoms with E-state index in [0.29, 0.717) is 25.3 Å². The van der Waals surface area contributed by atoms with Crippen LogP contribution in [0.1, 0.15) is 96.8 Å². The molecule has 0 fully saturated rings. The molecule has 0 spiro atoms. The Morgan fingerprint density at radius 2 is 1.58 bits per heavy atom. The Morgan fingerprint density at radius 3 is 2.14 bits per heavy atom. The summed E-state index contributed by atoms with van der Waals surface area (Å²) in [5.74, 6) is -0.732. The van der Waals surface area contributed by atoms with Crippen LogP contribution in [0.4, 0.5) is 0 Å². The first-order chi connectivity index (χ1) is 16.7. The van der Waals surface area contributed by atoms with Crippen LogP contribution < -0.4 is 29.6 Å². The molecule has 0 aromatic rings. The number of aliphatic hydroxyl groups is 2. The second kappa shape index (κ2) is 20.8. The maximum Gasteiger partial charge on any atom is 1.00 e. The Bertz CT molecular complexity index is 760. The predicted octanol–water partition coefficient (Wildman–Crippen LogP) is 0.724. The number of hydrogen-bond acceptors (Lipinski definition) is 7. The van der Waals surface area contributed by atoms with Crippen LogP contribution in [0.25, 0.3) is 0 Å². The number of quaternary nitrogens is 1. The van der Waals surface area contributed by atoms with Gasteiger partial charge in [0.25, 0.3) is 5.84 Å². The Kier molecular flexibility index (Phi) is 20.7. The maximum atomic E-state index is 12.8. The molecule has 204 valence electrons. The maximum absolute atomic E-state index is 12.8. The van der Waals surface area contributed by atoms with Crippen molar-refractivity contribution in [1.29, 1.82) is 0 Å². The fourth-order valence-corrected chi connectivity index (χ4v) is 5.37. The van der Waals surface area contributed by atoms with Crippen molar-refractivity contribution >= 4 is 21.7 Å².